The van der Waals surface area contributed by atoms with Gasteiger partial charge in [0.05, 0.1) is 22.5 Å². The van der Waals surface area contributed by atoms with Gasteiger partial charge in [0.1, 0.15) is 5.75 Å². The average molecular weight is 466 g/mol. The van der Waals surface area contributed by atoms with Gasteiger partial charge in [0, 0.05) is 64.6 Å². The average Bonchev–Trinajstić information content (AvgIpc) is 3.16. The number of hydrogen-bond donors (Lipinski definition) is 2. The van der Waals surface area contributed by atoms with E-state index in [1.165, 1.54) is 0 Å². The zero-order chi connectivity index (χ0) is 21.4. The maximum absolute atomic E-state index is 9.63. The van der Waals surface area contributed by atoms with Crippen LogP contribution in [-0.2, 0) is 31.6 Å². The molecular weight excluding hydrogens is 446 g/mol. The highest BCUT2D eigenvalue weighted by molar-refractivity contribution is 7.19. The van der Waals surface area contributed by atoms with Crippen LogP contribution in [0.5, 0.6) is 5.75 Å². The summed E-state index contributed by atoms with van der Waals surface area (Å²) < 4.78 is 13.8. The zero-order valence-corrected chi connectivity index (χ0v) is 18.7. The number of nitrogens with zero attached hydrogens (tertiary/aromatic N) is 2. The summed E-state index contributed by atoms with van der Waals surface area (Å²) in [6.45, 7) is 1.70. The summed E-state index contributed by atoms with van der Waals surface area (Å²) >= 11 is 8.12. The smallest absolute Gasteiger partial charge is 0.185 e. The fraction of sp³-hybridized carbons (Fsp3) is 0.333. The van der Waals surface area contributed by atoms with Crippen molar-refractivity contribution in [2.45, 2.75) is 38.0 Å². The van der Waals surface area contributed by atoms with Crippen LogP contribution in [0.15, 0.2) is 35.0 Å². The van der Waals surface area contributed by atoms with Crippen molar-refractivity contribution in [3.63, 3.8) is 0 Å². The Bertz CT molecular complexity index is 1400. The minimum atomic E-state index is -0.451. The molecule has 0 saturated heterocycles. The molecule has 3 aromatic heterocycles. The van der Waals surface area contributed by atoms with E-state index in [1.807, 2.05) is 24.3 Å². The van der Waals surface area contributed by atoms with Crippen molar-refractivity contribution in [3.05, 3.63) is 62.9 Å². The first-order valence-electron chi connectivity index (χ1n) is 10.8. The first-order valence-corrected chi connectivity index (χ1v) is 12.0. The molecule has 5 heterocycles. The highest BCUT2D eigenvalue weighted by Crippen LogP contribution is 2.63. The van der Waals surface area contributed by atoms with Crippen LogP contribution in [0.2, 0.25) is 5.02 Å². The highest BCUT2D eigenvalue weighted by atomic mass is 35.5. The molecule has 3 aliphatic rings. The molecule has 1 unspecified atom stereocenters. The molecule has 1 fully saturated rings. The van der Waals surface area contributed by atoms with E-state index in [1.54, 1.807) is 17.5 Å². The van der Waals surface area contributed by atoms with E-state index in [0.717, 1.165) is 86.9 Å². The summed E-state index contributed by atoms with van der Waals surface area (Å²) in [6.07, 6.45) is 4.50. The lowest BCUT2D eigenvalue weighted by Crippen LogP contribution is -2.29. The van der Waals surface area contributed by atoms with E-state index in [4.69, 9.17) is 20.9 Å². The van der Waals surface area contributed by atoms with Gasteiger partial charge in [-0.2, -0.15) is 0 Å². The molecule has 0 spiro atoms. The van der Waals surface area contributed by atoms with E-state index in [9.17, 15) is 5.11 Å². The third-order valence-electron chi connectivity index (χ3n) is 6.93. The van der Waals surface area contributed by atoms with Crippen LogP contribution in [0, 0.1) is 5.92 Å². The number of hydrogen-bond acceptors (Lipinski definition) is 7. The van der Waals surface area contributed by atoms with Gasteiger partial charge in [0.25, 0.3) is 0 Å². The number of aliphatic hydroxyl groups excluding tert-OH is 1. The largest absolute Gasteiger partial charge is 0.478 e. The predicted molar refractivity (Wildman–Crippen MR) is 122 cm³/mol. The second kappa shape index (κ2) is 6.78. The van der Waals surface area contributed by atoms with Crippen molar-refractivity contribution < 1.29 is 14.4 Å². The molecule has 1 aromatic carbocycles. The van der Waals surface area contributed by atoms with Gasteiger partial charge < -0.3 is 19.7 Å². The number of benzene rings is 1. The molecule has 2 N–H and O–H groups in total. The number of rotatable bonds is 3. The van der Waals surface area contributed by atoms with Crippen molar-refractivity contribution in [2.75, 3.05) is 6.54 Å². The topological polar surface area (TPSA) is 80.4 Å². The molecule has 2 aliphatic heterocycles. The molecule has 0 bridgehead atoms. The molecule has 0 amide bonds. The van der Waals surface area contributed by atoms with Gasteiger partial charge in [-0.25, -0.2) is 0 Å². The van der Waals surface area contributed by atoms with Crippen molar-refractivity contribution in [1.29, 1.82) is 0 Å². The van der Waals surface area contributed by atoms with Gasteiger partial charge >= 0.3 is 0 Å². The molecule has 0 radical (unpaired) electrons. The van der Waals surface area contributed by atoms with Crippen LogP contribution >= 0.6 is 22.9 Å². The molecule has 162 valence electrons. The summed E-state index contributed by atoms with van der Waals surface area (Å²) in [5.41, 5.74) is 5.74. The Labute approximate surface area is 193 Å². The SMILES string of the molecule is OCc1cc2nccc(-c3cc(Cl)cc4c3OC3(c5onc6c5CNCC6)C[C@H]3C4)c2s1. The second-order valence-electron chi connectivity index (χ2n) is 8.85. The number of aliphatic hydroxyl groups is 1. The maximum Gasteiger partial charge on any atom is 0.185 e. The quantitative estimate of drug-likeness (QED) is 0.460. The molecule has 1 saturated carbocycles. The van der Waals surface area contributed by atoms with Crippen LogP contribution in [0.1, 0.15) is 33.9 Å². The van der Waals surface area contributed by atoms with Crippen molar-refractivity contribution in [2.24, 2.45) is 5.92 Å². The molecule has 7 rings (SSSR count). The Balaban J connectivity index is 1.39. The first kappa shape index (κ1) is 19.1. The van der Waals surface area contributed by atoms with Gasteiger partial charge in [-0.1, -0.05) is 16.8 Å². The fourth-order valence-electron chi connectivity index (χ4n) is 5.31. The summed E-state index contributed by atoms with van der Waals surface area (Å²) in [5.74, 6) is 2.11. The molecule has 1 aliphatic carbocycles. The van der Waals surface area contributed by atoms with Gasteiger partial charge in [0.2, 0.25) is 0 Å². The van der Waals surface area contributed by atoms with Gasteiger partial charge in [-0.05, 0) is 36.2 Å². The summed E-state index contributed by atoms with van der Waals surface area (Å²) in [4.78, 5) is 5.38. The number of aromatic nitrogens is 2. The van der Waals surface area contributed by atoms with Gasteiger partial charge in [-0.15, -0.1) is 11.3 Å². The lowest BCUT2D eigenvalue weighted by atomic mass is 9.93. The van der Waals surface area contributed by atoms with Crippen molar-refractivity contribution in [1.82, 2.24) is 15.5 Å². The second-order valence-corrected chi connectivity index (χ2v) is 10.4. The van der Waals surface area contributed by atoms with Crippen molar-refractivity contribution >= 4 is 33.2 Å². The molecular formula is C24H20ClN3O3S. The summed E-state index contributed by atoms with van der Waals surface area (Å²) in [7, 11) is 0. The third kappa shape index (κ3) is 2.65. The predicted octanol–water partition coefficient (Wildman–Crippen LogP) is 4.59. The Morgan fingerprint density at radius 1 is 1.28 bits per heavy atom. The third-order valence-corrected chi connectivity index (χ3v) is 8.29. The number of ether oxygens (including phenoxy) is 1. The number of halogens is 1. The van der Waals surface area contributed by atoms with Crippen LogP contribution in [0.4, 0.5) is 0 Å². The van der Waals surface area contributed by atoms with Crippen LogP contribution in [0.25, 0.3) is 21.3 Å². The van der Waals surface area contributed by atoms with E-state index in [2.05, 4.69) is 15.5 Å². The molecule has 8 heteroatoms. The number of fused-ring (bicyclic) bond motifs is 4. The van der Waals surface area contributed by atoms with E-state index >= 15 is 0 Å². The van der Waals surface area contributed by atoms with E-state index < -0.39 is 5.60 Å². The molecule has 2 atom stereocenters. The van der Waals surface area contributed by atoms with Crippen LogP contribution < -0.4 is 10.1 Å². The minimum absolute atomic E-state index is 0.0000496. The monoisotopic (exact) mass is 465 g/mol. The van der Waals surface area contributed by atoms with Gasteiger partial charge in [-0.3, -0.25) is 4.98 Å². The normalized spacial score (nSPS) is 23.4. The summed E-state index contributed by atoms with van der Waals surface area (Å²) in [6, 6.07) is 7.93. The maximum atomic E-state index is 9.63. The fourth-order valence-corrected chi connectivity index (χ4v) is 6.56. The van der Waals surface area contributed by atoms with Crippen LogP contribution in [0.3, 0.4) is 0 Å². The zero-order valence-electron chi connectivity index (χ0n) is 17.2. The number of nitrogens with one attached hydrogen (secondary N) is 1. The highest BCUT2D eigenvalue weighted by Gasteiger charge is 2.64. The minimum Gasteiger partial charge on any atom is -0.478 e. The van der Waals surface area contributed by atoms with Crippen molar-refractivity contribution in [3.8, 4) is 16.9 Å². The van der Waals surface area contributed by atoms with Crippen LogP contribution in [-0.4, -0.2) is 21.8 Å². The Morgan fingerprint density at radius 2 is 2.22 bits per heavy atom. The van der Waals surface area contributed by atoms with Gasteiger partial charge in [0.15, 0.2) is 11.4 Å². The Hall–Kier alpha value is -2.45. The molecule has 6 nitrogen and oxygen atoms in total. The Morgan fingerprint density at radius 3 is 3.12 bits per heavy atom. The number of pyridine rings is 1. The number of thiophene rings is 1. The lowest BCUT2D eigenvalue weighted by molar-refractivity contribution is 0.110. The lowest BCUT2D eigenvalue weighted by Gasteiger charge is -2.28. The molecule has 4 aromatic rings. The van der Waals surface area contributed by atoms with E-state index in [0.29, 0.717) is 10.9 Å². The first-order chi connectivity index (χ1) is 15.7. The Kier molecular flexibility index (Phi) is 4.04. The van der Waals surface area contributed by atoms with E-state index in [-0.39, 0.29) is 6.61 Å². The molecule has 32 heavy (non-hydrogen) atoms. The standard InChI is InChI=1S/C24H20ClN3O3S/c25-14-6-12-5-13-9-24(13,23-18-10-26-3-2-19(18)28-31-23)30-21(12)17(7-14)16-1-4-27-20-8-15(11-29)32-22(16)20/h1,4,6-8,13,26,29H,2-3,5,9-11H2/t13-,24?/m1/s1. The summed E-state index contributed by atoms with van der Waals surface area (Å²) in [5, 5.41) is 18.1.